The minimum absolute atomic E-state index is 0.499. The molecule has 6 heteroatoms. The summed E-state index contributed by atoms with van der Waals surface area (Å²) < 4.78 is 1.67. The lowest BCUT2D eigenvalue weighted by molar-refractivity contribution is 0.836. The van der Waals surface area contributed by atoms with Gasteiger partial charge < -0.3 is 5.73 Å². The van der Waals surface area contributed by atoms with E-state index in [1.807, 2.05) is 72.8 Å². The van der Waals surface area contributed by atoms with Crippen molar-refractivity contribution in [3.05, 3.63) is 101 Å². The van der Waals surface area contributed by atoms with Crippen LogP contribution in [0.5, 0.6) is 0 Å². The van der Waals surface area contributed by atoms with Crippen LogP contribution in [0.4, 0.5) is 5.82 Å². The van der Waals surface area contributed by atoms with Crippen LogP contribution < -0.4 is 5.73 Å². The lowest BCUT2D eigenvalue weighted by atomic mass is 10.1. The number of anilines is 1. The normalized spacial score (nSPS) is 11.1. The van der Waals surface area contributed by atoms with Crippen LogP contribution in [0, 0.1) is 0 Å². The predicted molar refractivity (Wildman–Crippen MR) is 121 cm³/mol. The smallest absolute Gasteiger partial charge is 0.178 e. The number of nitrogen functional groups attached to an aromatic ring is 1. The number of rotatable bonds is 4. The molecule has 0 saturated heterocycles. The highest BCUT2D eigenvalue weighted by Gasteiger charge is 2.16. The van der Waals surface area contributed by atoms with E-state index in [-0.39, 0.29) is 0 Å². The van der Waals surface area contributed by atoms with E-state index >= 15 is 0 Å². The lowest BCUT2D eigenvalue weighted by Crippen LogP contribution is -2.10. The van der Waals surface area contributed by atoms with Gasteiger partial charge in [-0.1, -0.05) is 66.2 Å². The minimum Gasteiger partial charge on any atom is -0.384 e. The Kier molecular flexibility index (Phi) is 4.65. The molecule has 0 aliphatic rings. The maximum atomic E-state index is 6.35. The van der Waals surface area contributed by atoms with E-state index in [1.165, 1.54) is 0 Å². The number of para-hydroxylation sites is 2. The zero-order chi connectivity index (χ0) is 20.5. The number of fused-ring (bicyclic) bond motifs is 1. The molecule has 5 nitrogen and oxygen atoms in total. The SMILES string of the molecule is Nc1cc(-c2ccc(Cl)cc2)nn1-c1nc2ccccc2nc1Cc1ccccc1. The topological polar surface area (TPSA) is 69.6 Å². The van der Waals surface area contributed by atoms with Crippen LogP contribution in [0.3, 0.4) is 0 Å². The highest BCUT2D eigenvalue weighted by Crippen LogP contribution is 2.26. The summed E-state index contributed by atoms with van der Waals surface area (Å²) in [6, 6.07) is 27.4. The summed E-state index contributed by atoms with van der Waals surface area (Å²) in [6.07, 6.45) is 0.629. The van der Waals surface area contributed by atoms with E-state index < -0.39 is 0 Å². The van der Waals surface area contributed by atoms with Gasteiger partial charge in [0.05, 0.1) is 22.4 Å². The molecule has 0 bridgehead atoms. The maximum Gasteiger partial charge on any atom is 0.178 e. The second-order valence-corrected chi connectivity index (χ2v) is 7.45. The highest BCUT2D eigenvalue weighted by molar-refractivity contribution is 6.30. The van der Waals surface area contributed by atoms with Crippen LogP contribution in [0.15, 0.2) is 84.9 Å². The summed E-state index contributed by atoms with van der Waals surface area (Å²) in [5, 5.41) is 5.41. The fourth-order valence-corrected chi connectivity index (χ4v) is 3.56. The van der Waals surface area contributed by atoms with Gasteiger partial charge in [-0.3, -0.25) is 0 Å². The van der Waals surface area contributed by atoms with Crippen molar-refractivity contribution in [1.29, 1.82) is 0 Å². The molecule has 0 amide bonds. The monoisotopic (exact) mass is 411 g/mol. The zero-order valence-electron chi connectivity index (χ0n) is 16.0. The van der Waals surface area contributed by atoms with Crippen molar-refractivity contribution in [2.24, 2.45) is 0 Å². The van der Waals surface area contributed by atoms with Crippen LogP contribution in [-0.2, 0) is 6.42 Å². The van der Waals surface area contributed by atoms with Crippen LogP contribution >= 0.6 is 11.6 Å². The molecule has 146 valence electrons. The molecule has 2 aromatic heterocycles. The van der Waals surface area contributed by atoms with Crippen molar-refractivity contribution in [2.45, 2.75) is 6.42 Å². The summed E-state index contributed by atoms with van der Waals surface area (Å²) in [6.45, 7) is 0. The van der Waals surface area contributed by atoms with Gasteiger partial charge in [-0.05, 0) is 29.8 Å². The van der Waals surface area contributed by atoms with Crippen LogP contribution in [0.25, 0.3) is 28.1 Å². The van der Waals surface area contributed by atoms with E-state index in [9.17, 15) is 0 Å². The van der Waals surface area contributed by atoms with E-state index in [0.717, 1.165) is 33.5 Å². The number of hydrogen-bond acceptors (Lipinski definition) is 4. The van der Waals surface area contributed by atoms with Crippen molar-refractivity contribution in [3.63, 3.8) is 0 Å². The first-order valence-corrected chi connectivity index (χ1v) is 9.96. The first-order chi connectivity index (χ1) is 14.7. The van der Waals surface area contributed by atoms with Gasteiger partial charge in [0.1, 0.15) is 5.82 Å². The standard InChI is InChI=1S/C24H18ClN5/c25-18-12-10-17(11-13-18)21-15-23(26)30(29-21)24-22(14-16-6-2-1-3-7-16)27-19-8-4-5-9-20(19)28-24/h1-13,15H,14,26H2. The van der Waals surface area contributed by atoms with Crippen molar-refractivity contribution < 1.29 is 0 Å². The predicted octanol–water partition coefficient (Wildman–Crippen LogP) is 5.31. The van der Waals surface area contributed by atoms with Gasteiger partial charge in [0.25, 0.3) is 0 Å². The summed E-state index contributed by atoms with van der Waals surface area (Å²) in [5.41, 5.74) is 11.6. The molecule has 0 fully saturated rings. The molecule has 0 aliphatic heterocycles. The fourth-order valence-electron chi connectivity index (χ4n) is 3.43. The molecule has 0 unspecified atom stereocenters. The third-order valence-electron chi connectivity index (χ3n) is 4.91. The Morgan fingerprint density at radius 1 is 0.800 bits per heavy atom. The summed E-state index contributed by atoms with van der Waals surface area (Å²) in [5.74, 6) is 1.13. The Bertz CT molecular complexity index is 1330. The van der Waals surface area contributed by atoms with Crippen molar-refractivity contribution in [2.75, 3.05) is 5.73 Å². The van der Waals surface area contributed by atoms with Crippen molar-refractivity contribution in [3.8, 4) is 17.1 Å². The minimum atomic E-state index is 0.499. The second-order valence-electron chi connectivity index (χ2n) is 7.02. The van der Waals surface area contributed by atoms with E-state index in [0.29, 0.717) is 23.1 Å². The first kappa shape index (κ1) is 18.3. The van der Waals surface area contributed by atoms with E-state index in [1.54, 1.807) is 4.68 Å². The summed E-state index contributed by atoms with van der Waals surface area (Å²) in [4.78, 5) is 9.75. The quantitative estimate of drug-likeness (QED) is 0.435. The molecule has 2 heterocycles. The second kappa shape index (κ2) is 7.61. The van der Waals surface area contributed by atoms with E-state index in [2.05, 4.69) is 12.1 Å². The average Bonchev–Trinajstić information content (AvgIpc) is 3.16. The van der Waals surface area contributed by atoms with Crippen LogP contribution in [0.2, 0.25) is 5.02 Å². The molecular weight excluding hydrogens is 394 g/mol. The van der Waals surface area contributed by atoms with Gasteiger partial charge in [-0.25, -0.2) is 9.97 Å². The van der Waals surface area contributed by atoms with Crippen molar-refractivity contribution in [1.82, 2.24) is 19.7 Å². The first-order valence-electron chi connectivity index (χ1n) is 9.59. The van der Waals surface area contributed by atoms with Gasteiger partial charge in [0, 0.05) is 23.1 Å². The van der Waals surface area contributed by atoms with Gasteiger partial charge in [-0.15, -0.1) is 0 Å². The summed E-state index contributed by atoms with van der Waals surface area (Å²) in [7, 11) is 0. The average molecular weight is 412 g/mol. The van der Waals surface area contributed by atoms with Gasteiger partial charge in [-0.2, -0.15) is 9.78 Å². The third-order valence-corrected chi connectivity index (χ3v) is 5.17. The molecule has 5 aromatic rings. The van der Waals surface area contributed by atoms with Crippen LogP contribution in [0.1, 0.15) is 11.3 Å². The van der Waals surface area contributed by atoms with Gasteiger partial charge in [0.15, 0.2) is 5.82 Å². The molecule has 0 aliphatic carbocycles. The molecule has 2 N–H and O–H groups in total. The molecule has 0 atom stereocenters. The van der Waals surface area contributed by atoms with E-state index in [4.69, 9.17) is 32.4 Å². The Hall–Kier alpha value is -3.70. The highest BCUT2D eigenvalue weighted by atomic mass is 35.5. The number of hydrogen-bond donors (Lipinski definition) is 1. The number of nitrogens with zero attached hydrogens (tertiary/aromatic N) is 4. The molecule has 0 spiro atoms. The molecule has 0 saturated carbocycles. The Morgan fingerprint density at radius 3 is 2.20 bits per heavy atom. The Morgan fingerprint density at radius 2 is 1.47 bits per heavy atom. The van der Waals surface area contributed by atoms with Crippen molar-refractivity contribution >= 4 is 28.5 Å². The molecular formula is C24H18ClN5. The number of benzene rings is 3. The molecule has 5 rings (SSSR count). The number of nitrogens with two attached hydrogens (primary N) is 1. The summed E-state index contributed by atoms with van der Waals surface area (Å²) >= 11 is 6.02. The molecule has 30 heavy (non-hydrogen) atoms. The number of aromatic nitrogens is 4. The Balaban J connectivity index is 1.66. The van der Waals surface area contributed by atoms with Crippen LogP contribution in [-0.4, -0.2) is 19.7 Å². The molecule has 3 aromatic carbocycles. The lowest BCUT2D eigenvalue weighted by Gasteiger charge is -2.11. The molecule has 0 radical (unpaired) electrons. The Labute approximate surface area is 178 Å². The number of halogens is 1. The maximum absolute atomic E-state index is 6.35. The third kappa shape index (κ3) is 3.51. The fraction of sp³-hybridized carbons (Fsp3) is 0.0417. The zero-order valence-corrected chi connectivity index (χ0v) is 16.8. The largest absolute Gasteiger partial charge is 0.384 e. The van der Waals surface area contributed by atoms with Gasteiger partial charge >= 0.3 is 0 Å². The van der Waals surface area contributed by atoms with Gasteiger partial charge in [0.2, 0.25) is 0 Å².